The Morgan fingerprint density at radius 1 is 0.880 bits per heavy atom. The standard InChI is InChI=1S/C20H12Cl2O3/c21-14-10-11-18(17(22)12-14)24-20(13-6-2-1-3-7-13)16-9-5-4-8-15(16)19(23)25-20/h1-12H/t20-/m1/s1. The topological polar surface area (TPSA) is 35.5 Å². The molecule has 0 saturated heterocycles. The van der Waals surface area contributed by atoms with Gasteiger partial charge < -0.3 is 9.47 Å². The van der Waals surface area contributed by atoms with Gasteiger partial charge in [-0.3, -0.25) is 0 Å². The second-order valence-corrected chi connectivity index (χ2v) is 6.44. The van der Waals surface area contributed by atoms with E-state index in [0.717, 1.165) is 0 Å². The molecule has 124 valence electrons. The highest BCUT2D eigenvalue weighted by atomic mass is 35.5. The number of cyclic esters (lactones) is 1. The summed E-state index contributed by atoms with van der Waals surface area (Å²) in [4.78, 5) is 12.4. The molecule has 25 heavy (non-hydrogen) atoms. The number of halogens is 2. The van der Waals surface area contributed by atoms with E-state index in [1.165, 1.54) is 0 Å². The van der Waals surface area contributed by atoms with Crippen molar-refractivity contribution >= 4 is 29.2 Å². The van der Waals surface area contributed by atoms with E-state index in [-0.39, 0.29) is 0 Å². The van der Waals surface area contributed by atoms with Crippen LogP contribution in [0.5, 0.6) is 5.75 Å². The Hall–Kier alpha value is -2.49. The number of hydrogen-bond acceptors (Lipinski definition) is 3. The van der Waals surface area contributed by atoms with Gasteiger partial charge in [-0.05, 0) is 30.3 Å². The quantitative estimate of drug-likeness (QED) is 0.575. The molecule has 0 aliphatic carbocycles. The van der Waals surface area contributed by atoms with Crippen LogP contribution in [0.1, 0.15) is 21.5 Å². The van der Waals surface area contributed by atoms with E-state index in [2.05, 4.69) is 0 Å². The van der Waals surface area contributed by atoms with Crippen LogP contribution < -0.4 is 4.74 Å². The first-order valence-corrected chi connectivity index (χ1v) is 8.38. The fraction of sp³-hybridized carbons (Fsp3) is 0.0500. The maximum absolute atomic E-state index is 12.4. The molecule has 0 aromatic heterocycles. The number of ether oxygens (including phenoxy) is 2. The zero-order chi connectivity index (χ0) is 17.4. The Kier molecular flexibility index (Phi) is 3.91. The predicted octanol–water partition coefficient (Wildman–Crippen LogP) is 5.44. The number of esters is 1. The summed E-state index contributed by atoms with van der Waals surface area (Å²) in [7, 11) is 0. The summed E-state index contributed by atoms with van der Waals surface area (Å²) in [6.07, 6.45) is 0. The van der Waals surface area contributed by atoms with Gasteiger partial charge in [-0.15, -0.1) is 0 Å². The van der Waals surface area contributed by atoms with Gasteiger partial charge in [0.1, 0.15) is 5.75 Å². The molecule has 3 aromatic rings. The highest BCUT2D eigenvalue weighted by Crippen LogP contribution is 2.44. The van der Waals surface area contributed by atoms with Gasteiger partial charge in [0.2, 0.25) is 0 Å². The first-order chi connectivity index (χ1) is 12.1. The normalized spacial score (nSPS) is 18.6. The summed E-state index contributed by atoms with van der Waals surface area (Å²) in [5.74, 6) is -1.46. The van der Waals surface area contributed by atoms with Gasteiger partial charge in [0, 0.05) is 10.6 Å². The van der Waals surface area contributed by atoms with Crippen molar-refractivity contribution in [3.63, 3.8) is 0 Å². The largest absolute Gasteiger partial charge is 0.443 e. The summed E-state index contributed by atoms with van der Waals surface area (Å²) in [5, 5.41) is 0.832. The first-order valence-electron chi connectivity index (χ1n) is 7.62. The predicted molar refractivity (Wildman–Crippen MR) is 96.2 cm³/mol. The number of carbonyl (C=O) groups excluding carboxylic acids is 1. The van der Waals surface area contributed by atoms with Crippen molar-refractivity contribution in [3.8, 4) is 5.75 Å². The van der Waals surface area contributed by atoms with Gasteiger partial charge in [0.15, 0.2) is 0 Å². The fourth-order valence-corrected chi connectivity index (χ4v) is 3.36. The number of carbonyl (C=O) groups is 1. The van der Waals surface area contributed by atoms with Crippen molar-refractivity contribution in [1.29, 1.82) is 0 Å². The summed E-state index contributed by atoms with van der Waals surface area (Å²) in [6, 6.07) is 21.4. The third-order valence-electron chi connectivity index (χ3n) is 4.04. The molecule has 1 aliphatic heterocycles. The molecule has 1 aliphatic rings. The zero-order valence-corrected chi connectivity index (χ0v) is 14.4. The highest BCUT2D eigenvalue weighted by Gasteiger charge is 2.49. The van der Waals surface area contributed by atoms with Crippen molar-refractivity contribution in [2.24, 2.45) is 0 Å². The van der Waals surface area contributed by atoms with Gasteiger partial charge in [0.25, 0.3) is 0 Å². The Morgan fingerprint density at radius 2 is 1.60 bits per heavy atom. The number of benzene rings is 3. The smallest absolute Gasteiger partial charge is 0.342 e. The summed E-state index contributed by atoms with van der Waals surface area (Å²) >= 11 is 12.2. The van der Waals surface area contributed by atoms with E-state index in [4.69, 9.17) is 32.7 Å². The third kappa shape index (κ3) is 2.66. The molecule has 4 rings (SSSR count). The molecule has 0 amide bonds. The van der Waals surface area contributed by atoms with Crippen molar-refractivity contribution < 1.29 is 14.3 Å². The molecular formula is C20H12Cl2O3. The molecule has 0 radical (unpaired) electrons. The average molecular weight is 371 g/mol. The van der Waals surface area contributed by atoms with E-state index in [0.29, 0.717) is 32.5 Å². The molecule has 5 heteroatoms. The fourth-order valence-electron chi connectivity index (χ4n) is 2.91. The van der Waals surface area contributed by atoms with Crippen LogP contribution in [0.2, 0.25) is 10.0 Å². The Morgan fingerprint density at radius 3 is 2.36 bits per heavy atom. The molecule has 1 atom stereocenters. The lowest BCUT2D eigenvalue weighted by Crippen LogP contribution is -2.34. The van der Waals surface area contributed by atoms with E-state index in [1.807, 2.05) is 42.5 Å². The third-order valence-corrected chi connectivity index (χ3v) is 4.57. The van der Waals surface area contributed by atoms with E-state index < -0.39 is 11.8 Å². The SMILES string of the molecule is O=C1O[C@](Oc2ccc(Cl)cc2Cl)(c2ccccc2)c2ccccc21. The summed E-state index contributed by atoms with van der Waals surface area (Å²) < 4.78 is 11.9. The van der Waals surface area contributed by atoms with E-state index >= 15 is 0 Å². The minimum atomic E-state index is -1.40. The molecule has 0 fully saturated rings. The average Bonchev–Trinajstić information content (AvgIpc) is 2.92. The minimum Gasteiger partial charge on any atom is -0.443 e. The van der Waals surface area contributed by atoms with E-state index in [9.17, 15) is 4.79 Å². The maximum Gasteiger partial charge on any atom is 0.342 e. The monoisotopic (exact) mass is 370 g/mol. The lowest BCUT2D eigenvalue weighted by molar-refractivity contribution is -0.108. The van der Waals surface area contributed by atoms with Crippen LogP contribution in [0.3, 0.4) is 0 Å². The number of hydrogen-bond donors (Lipinski definition) is 0. The maximum atomic E-state index is 12.4. The van der Waals surface area contributed by atoms with Crippen molar-refractivity contribution in [1.82, 2.24) is 0 Å². The molecular weight excluding hydrogens is 359 g/mol. The lowest BCUT2D eigenvalue weighted by Gasteiger charge is -2.30. The zero-order valence-electron chi connectivity index (χ0n) is 12.9. The molecule has 0 unspecified atom stereocenters. The Balaban J connectivity index is 1.91. The van der Waals surface area contributed by atoms with Crippen LogP contribution in [-0.4, -0.2) is 5.97 Å². The number of rotatable bonds is 3. The second-order valence-electron chi connectivity index (χ2n) is 5.59. The van der Waals surface area contributed by atoms with Gasteiger partial charge in [-0.2, -0.15) is 0 Å². The van der Waals surface area contributed by atoms with E-state index in [1.54, 1.807) is 30.3 Å². The molecule has 0 bridgehead atoms. The summed E-state index contributed by atoms with van der Waals surface area (Å²) in [5.41, 5.74) is 1.80. The highest BCUT2D eigenvalue weighted by molar-refractivity contribution is 6.35. The number of fused-ring (bicyclic) bond motifs is 1. The minimum absolute atomic E-state index is 0.336. The Bertz CT molecular complexity index is 956. The Labute approximate surface area is 154 Å². The van der Waals surface area contributed by atoms with Crippen LogP contribution in [0.15, 0.2) is 72.8 Å². The van der Waals surface area contributed by atoms with Crippen molar-refractivity contribution in [2.75, 3.05) is 0 Å². The molecule has 0 N–H and O–H groups in total. The van der Waals surface area contributed by atoms with Crippen molar-refractivity contribution in [3.05, 3.63) is 99.5 Å². The van der Waals surface area contributed by atoms with Crippen LogP contribution >= 0.6 is 23.2 Å². The lowest BCUT2D eigenvalue weighted by atomic mass is 9.95. The van der Waals surface area contributed by atoms with Crippen LogP contribution in [0, 0.1) is 0 Å². The molecule has 0 saturated carbocycles. The molecule has 0 spiro atoms. The summed E-state index contributed by atoms with van der Waals surface area (Å²) in [6.45, 7) is 0. The second kappa shape index (κ2) is 6.10. The first kappa shape index (κ1) is 16.0. The van der Waals surface area contributed by atoms with Gasteiger partial charge in [0.05, 0.1) is 16.1 Å². The van der Waals surface area contributed by atoms with Gasteiger partial charge in [-0.1, -0.05) is 65.7 Å². The van der Waals surface area contributed by atoms with Gasteiger partial charge in [-0.25, -0.2) is 4.79 Å². The van der Waals surface area contributed by atoms with Gasteiger partial charge >= 0.3 is 11.8 Å². The van der Waals surface area contributed by atoms with Crippen LogP contribution in [0.4, 0.5) is 0 Å². The molecule has 1 heterocycles. The van der Waals surface area contributed by atoms with Crippen molar-refractivity contribution in [2.45, 2.75) is 5.79 Å². The molecule has 3 nitrogen and oxygen atoms in total. The van der Waals surface area contributed by atoms with Crippen LogP contribution in [-0.2, 0) is 10.5 Å². The molecule has 3 aromatic carbocycles. The van der Waals surface area contributed by atoms with Crippen LogP contribution in [0.25, 0.3) is 0 Å².